The summed E-state index contributed by atoms with van der Waals surface area (Å²) in [6.45, 7) is 2.52. The van der Waals surface area contributed by atoms with Gasteiger partial charge in [-0.2, -0.15) is 0 Å². The molecule has 21 heavy (non-hydrogen) atoms. The van der Waals surface area contributed by atoms with Crippen LogP contribution in [-0.2, 0) is 6.54 Å². The molecule has 110 valence electrons. The van der Waals surface area contributed by atoms with E-state index in [4.69, 9.17) is 17.3 Å². The molecule has 0 aromatic heterocycles. The van der Waals surface area contributed by atoms with Gasteiger partial charge in [0.05, 0.1) is 4.92 Å². The Hall–Kier alpha value is -2.11. The molecule has 0 aliphatic heterocycles. The predicted octanol–water partition coefficient (Wildman–Crippen LogP) is 3.68. The Labute approximate surface area is 127 Å². The first-order chi connectivity index (χ1) is 9.97. The topological polar surface area (TPSA) is 81.2 Å². The van der Waals surface area contributed by atoms with Crippen molar-refractivity contribution < 1.29 is 4.92 Å². The first kappa shape index (κ1) is 15.3. The van der Waals surface area contributed by atoms with Crippen molar-refractivity contribution in [1.29, 1.82) is 0 Å². The number of anilines is 1. The molecular formula is C15H16ClN3O2. The number of rotatable bonds is 5. The zero-order valence-electron chi connectivity index (χ0n) is 11.5. The lowest BCUT2D eigenvalue weighted by atomic mass is 10.1. The highest BCUT2D eigenvalue weighted by atomic mass is 35.5. The van der Waals surface area contributed by atoms with Crippen LogP contribution in [0.2, 0.25) is 5.02 Å². The number of benzene rings is 2. The minimum Gasteiger partial charge on any atom is -0.393 e. The summed E-state index contributed by atoms with van der Waals surface area (Å²) in [5, 5.41) is 14.9. The van der Waals surface area contributed by atoms with Crippen molar-refractivity contribution in [3.63, 3.8) is 0 Å². The number of nitrogens with two attached hydrogens (primary N) is 1. The van der Waals surface area contributed by atoms with Crippen molar-refractivity contribution in [3.8, 4) is 0 Å². The lowest BCUT2D eigenvalue weighted by molar-refractivity contribution is -0.384. The summed E-state index contributed by atoms with van der Waals surface area (Å²) in [4.78, 5) is 10.4. The summed E-state index contributed by atoms with van der Waals surface area (Å²) in [5.74, 6) is 0. The van der Waals surface area contributed by atoms with Crippen molar-refractivity contribution in [2.75, 3.05) is 5.73 Å². The smallest absolute Gasteiger partial charge is 0.292 e. The second-order valence-corrected chi connectivity index (χ2v) is 5.24. The molecule has 0 aliphatic carbocycles. The molecule has 2 rings (SSSR count). The van der Waals surface area contributed by atoms with E-state index in [1.807, 2.05) is 31.2 Å². The zero-order valence-corrected chi connectivity index (χ0v) is 12.3. The van der Waals surface area contributed by atoms with E-state index in [0.29, 0.717) is 11.6 Å². The molecule has 0 radical (unpaired) electrons. The highest BCUT2D eigenvalue weighted by Crippen LogP contribution is 2.23. The summed E-state index contributed by atoms with van der Waals surface area (Å²) < 4.78 is 0. The third-order valence-electron chi connectivity index (χ3n) is 3.25. The summed E-state index contributed by atoms with van der Waals surface area (Å²) in [5.41, 5.74) is 7.56. The molecule has 0 spiro atoms. The van der Waals surface area contributed by atoms with Gasteiger partial charge in [0.15, 0.2) is 0 Å². The number of nitro benzene ring substituents is 1. The van der Waals surface area contributed by atoms with Crippen molar-refractivity contribution in [1.82, 2.24) is 5.32 Å². The first-order valence-corrected chi connectivity index (χ1v) is 6.87. The van der Waals surface area contributed by atoms with Gasteiger partial charge in [-0.15, -0.1) is 0 Å². The van der Waals surface area contributed by atoms with Gasteiger partial charge in [0.2, 0.25) is 0 Å². The summed E-state index contributed by atoms with van der Waals surface area (Å²) in [7, 11) is 0. The fraction of sp³-hybridized carbons (Fsp3) is 0.200. The molecule has 0 aliphatic rings. The van der Waals surface area contributed by atoms with Gasteiger partial charge in [-0.3, -0.25) is 10.1 Å². The van der Waals surface area contributed by atoms with Gasteiger partial charge in [-0.05, 0) is 36.2 Å². The molecule has 0 amide bonds. The molecule has 0 saturated carbocycles. The maximum atomic E-state index is 10.9. The number of nitrogen functional groups attached to an aromatic ring is 1. The van der Waals surface area contributed by atoms with E-state index in [9.17, 15) is 10.1 Å². The molecule has 0 fully saturated rings. The van der Waals surface area contributed by atoms with Gasteiger partial charge in [0.1, 0.15) is 5.69 Å². The molecule has 2 aromatic carbocycles. The zero-order chi connectivity index (χ0) is 15.4. The number of hydrogen-bond donors (Lipinski definition) is 2. The molecule has 6 heteroatoms. The minimum absolute atomic E-state index is 0.0651. The molecule has 3 N–H and O–H groups in total. The molecule has 0 heterocycles. The Morgan fingerprint density at radius 1 is 1.33 bits per heavy atom. The van der Waals surface area contributed by atoms with Crippen molar-refractivity contribution in [2.24, 2.45) is 0 Å². The van der Waals surface area contributed by atoms with Gasteiger partial charge in [-0.25, -0.2) is 0 Å². The van der Waals surface area contributed by atoms with Crippen LogP contribution in [0.15, 0.2) is 42.5 Å². The normalized spacial score (nSPS) is 12.1. The number of nitrogens with one attached hydrogen (secondary N) is 1. The fourth-order valence-corrected chi connectivity index (χ4v) is 2.22. The highest BCUT2D eigenvalue weighted by molar-refractivity contribution is 6.30. The predicted molar refractivity (Wildman–Crippen MR) is 84.2 cm³/mol. The molecule has 0 saturated heterocycles. The maximum absolute atomic E-state index is 10.9. The van der Waals surface area contributed by atoms with E-state index in [1.54, 1.807) is 12.1 Å². The summed E-state index contributed by atoms with van der Waals surface area (Å²) in [6, 6.07) is 12.5. The fourth-order valence-electron chi connectivity index (χ4n) is 2.02. The van der Waals surface area contributed by atoms with E-state index >= 15 is 0 Å². The van der Waals surface area contributed by atoms with Crippen LogP contribution in [0, 0.1) is 10.1 Å². The Kier molecular flexibility index (Phi) is 4.77. The molecule has 0 unspecified atom stereocenters. The number of hydrogen-bond acceptors (Lipinski definition) is 4. The third-order valence-corrected chi connectivity index (χ3v) is 3.49. The second-order valence-electron chi connectivity index (χ2n) is 4.81. The van der Waals surface area contributed by atoms with Crippen LogP contribution in [0.3, 0.4) is 0 Å². The molecular weight excluding hydrogens is 290 g/mol. The SMILES string of the molecule is C[C@H](NCc1ccc(N)c([N+](=O)[O-])c1)c1cccc(Cl)c1. The van der Waals surface area contributed by atoms with Crippen LogP contribution in [-0.4, -0.2) is 4.92 Å². The lowest BCUT2D eigenvalue weighted by Crippen LogP contribution is -2.18. The monoisotopic (exact) mass is 305 g/mol. The Morgan fingerprint density at radius 3 is 2.76 bits per heavy atom. The molecule has 5 nitrogen and oxygen atoms in total. The van der Waals surface area contributed by atoms with Crippen LogP contribution < -0.4 is 11.1 Å². The number of halogens is 1. The maximum Gasteiger partial charge on any atom is 0.292 e. The van der Waals surface area contributed by atoms with E-state index in [1.165, 1.54) is 6.07 Å². The minimum atomic E-state index is -0.473. The average Bonchev–Trinajstić information content (AvgIpc) is 2.45. The van der Waals surface area contributed by atoms with Gasteiger partial charge >= 0.3 is 0 Å². The Bertz CT molecular complexity index is 661. The molecule has 0 bridgehead atoms. The molecule has 2 aromatic rings. The van der Waals surface area contributed by atoms with Gasteiger partial charge in [-0.1, -0.05) is 29.8 Å². The quantitative estimate of drug-likeness (QED) is 0.501. The number of nitro groups is 1. The third kappa shape index (κ3) is 3.93. The van der Waals surface area contributed by atoms with Crippen LogP contribution >= 0.6 is 11.6 Å². The van der Waals surface area contributed by atoms with Gasteiger partial charge in [0, 0.05) is 23.7 Å². The van der Waals surface area contributed by atoms with Gasteiger partial charge < -0.3 is 11.1 Å². The Morgan fingerprint density at radius 2 is 2.10 bits per heavy atom. The summed E-state index contributed by atoms with van der Waals surface area (Å²) in [6.07, 6.45) is 0. The summed E-state index contributed by atoms with van der Waals surface area (Å²) >= 11 is 5.96. The first-order valence-electron chi connectivity index (χ1n) is 6.49. The second kappa shape index (κ2) is 6.56. The molecule has 1 atom stereocenters. The van der Waals surface area contributed by atoms with Crippen molar-refractivity contribution in [3.05, 3.63) is 68.7 Å². The lowest BCUT2D eigenvalue weighted by Gasteiger charge is -2.14. The van der Waals surface area contributed by atoms with Crippen LogP contribution in [0.5, 0.6) is 0 Å². The van der Waals surface area contributed by atoms with E-state index < -0.39 is 4.92 Å². The van der Waals surface area contributed by atoms with E-state index in [2.05, 4.69) is 5.32 Å². The van der Waals surface area contributed by atoms with Crippen LogP contribution in [0.1, 0.15) is 24.1 Å². The average molecular weight is 306 g/mol. The van der Waals surface area contributed by atoms with E-state index in [-0.39, 0.29) is 17.4 Å². The largest absolute Gasteiger partial charge is 0.393 e. The van der Waals surface area contributed by atoms with Crippen molar-refractivity contribution >= 4 is 23.0 Å². The van der Waals surface area contributed by atoms with Crippen molar-refractivity contribution in [2.45, 2.75) is 19.5 Å². The van der Waals surface area contributed by atoms with Crippen LogP contribution in [0.4, 0.5) is 11.4 Å². The Balaban J connectivity index is 2.06. The van der Waals surface area contributed by atoms with Gasteiger partial charge in [0.25, 0.3) is 5.69 Å². The number of nitrogens with zero attached hydrogens (tertiary/aromatic N) is 1. The highest BCUT2D eigenvalue weighted by Gasteiger charge is 2.12. The standard InChI is InChI=1S/C15H16ClN3O2/c1-10(12-3-2-4-13(16)8-12)18-9-11-5-6-14(17)15(7-11)19(20)21/h2-8,10,18H,9,17H2,1H3/t10-/m0/s1. The van der Waals surface area contributed by atoms with E-state index in [0.717, 1.165) is 11.1 Å². The van der Waals surface area contributed by atoms with Crippen LogP contribution in [0.25, 0.3) is 0 Å².